The summed E-state index contributed by atoms with van der Waals surface area (Å²) in [6.45, 7) is 0. The summed E-state index contributed by atoms with van der Waals surface area (Å²) in [5.74, 6) is 0. The Morgan fingerprint density at radius 1 is 1.18 bits per heavy atom. The molecule has 0 unspecified atom stereocenters. The summed E-state index contributed by atoms with van der Waals surface area (Å²) in [7, 11) is 0. The van der Waals surface area contributed by atoms with Gasteiger partial charge in [-0.15, -0.1) is 0 Å². The third-order valence-corrected chi connectivity index (χ3v) is 2.34. The molecule has 3 heteroatoms. The Balaban J connectivity index is 2.92. The zero-order valence-electron chi connectivity index (χ0n) is 5.59. The third-order valence-electron chi connectivity index (χ3n) is 1.61. The lowest BCUT2D eigenvalue weighted by molar-refractivity contribution is 1.33. The first-order chi connectivity index (χ1) is 5.29. The summed E-state index contributed by atoms with van der Waals surface area (Å²) in [4.78, 5) is 0. The van der Waals surface area contributed by atoms with Crippen LogP contribution in [0.3, 0.4) is 0 Å². The van der Waals surface area contributed by atoms with Crippen molar-refractivity contribution in [2.24, 2.45) is 0 Å². The zero-order valence-corrected chi connectivity index (χ0v) is 7.10. The van der Waals surface area contributed by atoms with Gasteiger partial charge in [-0.3, -0.25) is 0 Å². The Hall–Kier alpha value is -0.660. The van der Waals surface area contributed by atoms with Gasteiger partial charge >= 0.3 is 0 Å². The Bertz CT molecular complexity index is 392. The fraction of sp³-hybridized carbons (Fsp3) is 0. The van der Waals surface area contributed by atoms with Crippen LogP contribution in [0, 0.1) is 0 Å². The topological polar surface area (TPSA) is 4.93 Å². The average molecular weight is 186 g/mol. The van der Waals surface area contributed by atoms with E-state index in [0.29, 0.717) is 5.15 Å². The van der Waals surface area contributed by atoms with E-state index < -0.39 is 0 Å². The minimum absolute atomic E-state index is 0.549. The molecule has 1 aromatic heterocycles. The highest BCUT2D eigenvalue weighted by Gasteiger charge is 2.02. The molecule has 0 bridgehead atoms. The van der Waals surface area contributed by atoms with Gasteiger partial charge in [-0.2, -0.15) is 0 Å². The summed E-state index contributed by atoms with van der Waals surface area (Å²) >= 11 is 11.6. The van der Waals surface area contributed by atoms with E-state index in [2.05, 4.69) is 0 Å². The Labute approximate surface area is 74.3 Å². The normalized spacial score (nSPS) is 10.7. The third kappa shape index (κ3) is 1.01. The number of aromatic nitrogens is 1. The second-order valence-corrected chi connectivity index (χ2v) is 3.03. The number of benzene rings is 1. The standard InChI is InChI=1S/C8H5Cl2N/c9-8-5-6-3-1-2-4-7(6)11(8)10/h1-5H. The van der Waals surface area contributed by atoms with Crippen LogP contribution in [0.15, 0.2) is 30.3 Å². The maximum atomic E-state index is 5.83. The molecular formula is C8H5Cl2N. The number of hydrogen-bond acceptors (Lipinski definition) is 0. The smallest absolute Gasteiger partial charge is 0.125 e. The van der Waals surface area contributed by atoms with Gasteiger partial charge in [0.1, 0.15) is 5.15 Å². The van der Waals surface area contributed by atoms with Crippen molar-refractivity contribution in [3.8, 4) is 0 Å². The average Bonchev–Trinajstić information content (AvgIpc) is 2.30. The van der Waals surface area contributed by atoms with Crippen LogP contribution in [0.25, 0.3) is 10.9 Å². The lowest BCUT2D eigenvalue weighted by Crippen LogP contribution is -1.75. The van der Waals surface area contributed by atoms with Crippen molar-refractivity contribution in [1.82, 2.24) is 4.09 Å². The van der Waals surface area contributed by atoms with E-state index in [0.717, 1.165) is 10.9 Å². The van der Waals surface area contributed by atoms with Gasteiger partial charge in [0.05, 0.1) is 5.52 Å². The summed E-state index contributed by atoms with van der Waals surface area (Å²) in [5, 5.41) is 1.61. The van der Waals surface area contributed by atoms with Crippen molar-refractivity contribution in [2.45, 2.75) is 0 Å². The van der Waals surface area contributed by atoms with Gasteiger partial charge < -0.3 is 0 Å². The first-order valence-electron chi connectivity index (χ1n) is 3.21. The zero-order chi connectivity index (χ0) is 7.84. The highest BCUT2D eigenvalue weighted by molar-refractivity contribution is 6.35. The van der Waals surface area contributed by atoms with Crippen molar-refractivity contribution in [1.29, 1.82) is 0 Å². The molecule has 0 saturated carbocycles. The number of para-hydroxylation sites is 1. The van der Waals surface area contributed by atoms with Gasteiger partial charge in [0.25, 0.3) is 0 Å². The minimum Gasteiger partial charge on any atom is -0.242 e. The molecule has 0 fully saturated rings. The van der Waals surface area contributed by atoms with E-state index in [-0.39, 0.29) is 0 Å². The molecule has 0 radical (unpaired) electrons. The molecule has 0 aliphatic carbocycles. The molecule has 0 spiro atoms. The molecule has 0 aliphatic rings. The number of rotatable bonds is 0. The quantitative estimate of drug-likeness (QED) is 0.594. The van der Waals surface area contributed by atoms with Crippen LogP contribution in [-0.4, -0.2) is 4.09 Å². The van der Waals surface area contributed by atoms with Gasteiger partial charge in [-0.05, 0) is 12.1 Å². The highest BCUT2D eigenvalue weighted by Crippen LogP contribution is 2.23. The van der Waals surface area contributed by atoms with Crippen LogP contribution < -0.4 is 0 Å². The van der Waals surface area contributed by atoms with E-state index in [1.54, 1.807) is 0 Å². The summed E-state index contributed by atoms with van der Waals surface area (Å²) in [6.07, 6.45) is 0. The maximum absolute atomic E-state index is 5.83. The predicted octanol–water partition coefficient (Wildman–Crippen LogP) is 3.30. The van der Waals surface area contributed by atoms with Gasteiger partial charge in [-0.25, -0.2) is 4.09 Å². The SMILES string of the molecule is Clc1cc2ccccc2n1Cl. The molecule has 0 saturated heterocycles. The van der Waals surface area contributed by atoms with Crippen molar-refractivity contribution in [3.05, 3.63) is 35.5 Å². The first-order valence-corrected chi connectivity index (χ1v) is 3.93. The molecule has 0 aliphatic heterocycles. The Morgan fingerprint density at radius 3 is 2.64 bits per heavy atom. The van der Waals surface area contributed by atoms with Crippen molar-refractivity contribution >= 4 is 34.3 Å². The Morgan fingerprint density at radius 2 is 1.91 bits per heavy atom. The first kappa shape index (κ1) is 7.01. The van der Waals surface area contributed by atoms with E-state index in [4.69, 9.17) is 23.4 Å². The Kier molecular flexibility index (Phi) is 1.55. The molecule has 2 rings (SSSR count). The molecule has 2 aromatic rings. The lowest BCUT2D eigenvalue weighted by atomic mass is 10.3. The summed E-state index contributed by atoms with van der Waals surface area (Å²) < 4.78 is 1.44. The molecule has 11 heavy (non-hydrogen) atoms. The monoisotopic (exact) mass is 185 g/mol. The van der Waals surface area contributed by atoms with Crippen LogP contribution in [0.5, 0.6) is 0 Å². The molecule has 0 atom stereocenters. The van der Waals surface area contributed by atoms with Crippen molar-refractivity contribution < 1.29 is 0 Å². The molecule has 56 valence electrons. The van der Waals surface area contributed by atoms with Crippen molar-refractivity contribution in [2.75, 3.05) is 0 Å². The number of halogens is 2. The molecule has 1 nitrogen and oxygen atoms in total. The van der Waals surface area contributed by atoms with Crippen LogP contribution in [0.4, 0.5) is 0 Å². The maximum Gasteiger partial charge on any atom is 0.125 e. The molecular weight excluding hydrogens is 181 g/mol. The minimum atomic E-state index is 0.549. The van der Waals surface area contributed by atoms with E-state index >= 15 is 0 Å². The van der Waals surface area contributed by atoms with Crippen LogP contribution >= 0.6 is 23.4 Å². The molecule has 0 amide bonds. The van der Waals surface area contributed by atoms with Gasteiger partial charge in [0, 0.05) is 17.2 Å². The number of fused-ring (bicyclic) bond motifs is 1. The van der Waals surface area contributed by atoms with Crippen LogP contribution in [0.1, 0.15) is 0 Å². The number of hydrogen-bond donors (Lipinski definition) is 0. The van der Waals surface area contributed by atoms with Gasteiger partial charge in [0.15, 0.2) is 0 Å². The largest absolute Gasteiger partial charge is 0.242 e. The van der Waals surface area contributed by atoms with Gasteiger partial charge in [-0.1, -0.05) is 29.8 Å². The van der Waals surface area contributed by atoms with E-state index in [1.807, 2.05) is 30.3 Å². The van der Waals surface area contributed by atoms with E-state index in [9.17, 15) is 0 Å². The lowest BCUT2D eigenvalue weighted by Gasteiger charge is -1.91. The molecule has 1 heterocycles. The fourth-order valence-electron chi connectivity index (χ4n) is 1.09. The van der Waals surface area contributed by atoms with Crippen LogP contribution in [-0.2, 0) is 0 Å². The van der Waals surface area contributed by atoms with E-state index in [1.165, 1.54) is 4.09 Å². The second kappa shape index (κ2) is 2.43. The number of nitrogens with zero attached hydrogens (tertiary/aromatic N) is 1. The summed E-state index contributed by atoms with van der Waals surface area (Å²) in [5.41, 5.74) is 0.944. The molecule has 0 N–H and O–H groups in total. The summed E-state index contributed by atoms with van der Waals surface area (Å²) in [6, 6.07) is 9.62. The predicted molar refractivity (Wildman–Crippen MR) is 48.2 cm³/mol. The fourth-order valence-corrected chi connectivity index (χ4v) is 1.50. The highest BCUT2D eigenvalue weighted by atomic mass is 35.5. The van der Waals surface area contributed by atoms with Crippen LogP contribution in [0.2, 0.25) is 5.15 Å². The van der Waals surface area contributed by atoms with Gasteiger partial charge in [0.2, 0.25) is 0 Å². The van der Waals surface area contributed by atoms with Crippen molar-refractivity contribution in [3.63, 3.8) is 0 Å². The second-order valence-electron chi connectivity index (χ2n) is 2.31. The molecule has 1 aromatic carbocycles.